The van der Waals surface area contributed by atoms with Gasteiger partial charge in [-0.15, -0.1) is 0 Å². The van der Waals surface area contributed by atoms with E-state index < -0.39 is 11.8 Å². The van der Waals surface area contributed by atoms with Crippen LogP contribution in [0.5, 0.6) is 0 Å². The number of pyridine rings is 2. The molecule has 4 rings (SSSR count). The van der Waals surface area contributed by atoms with Crippen LogP contribution >= 0.6 is 23.2 Å². The van der Waals surface area contributed by atoms with Crippen LogP contribution in [0, 0.1) is 11.8 Å². The zero-order valence-corrected chi connectivity index (χ0v) is 16.0. The van der Waals surface area contributed by atoms with Crippen LogP contribution in [0.1, 0.15) is 5.56 Å². The van der Waals surface area contributed by atoms with E-state index >= 15 is 0 Å². The highest BCUT2D eigenvalue weighted by Crippen LogP contribution is 2.29. The molecule has 0 bridgehead atoms. The van der Waals surface area contributed by atoms with Gasteiger partial charge in [-0.1, -0.05) is 40.4 Å². The monoisotopic (exact) mass is 433 g/mol. The van der Waals surface area contributed by atoms with E-state index in [4.69, 9.17) is 23.2 Å². The summed E-state index contributed by atoms with van der Waals surface area (Å²) in [5, 5.41) is 15.2. The lowest BCUT2D eigenvalue weighted by Gasteiger charge is -2.12. The number of anilines is 1. The summed E-state index contributed by atoms with van der Waals surface area (Å²) in [6.45, 7) is 0.186. The van der Waals surface area contributed by atoms with Gasteiger partial charge in [-0.2, -0.15) is 9.07 Å². The quantitative estimate of drug-likeness (QED) is 0.472. The van der Waals surface area contributed by atoms with Crippen LogP contribution < -0.4 is 5.32 Å². The fraction of sp³-hybridized carbons (Fsp3) is 0.0556. The largest absolute Gasteiger partial charge is 0.349 e. The second-order valence-corrected chi connectivity index (χ2v) is 6.62. The van der Waals surface area contributed by atoms with Crippen molar-refractivity contribution < 1.29 is 8.78 Å². The molecule has 3 heterocycles. The predicted octanol–water partition coefficient (Wildman–Crippen LogP) is 4.32. The van der Waals surface area contributed by atoms with Crippen molar-refractivity contribution in [1.82, 2.24) is 30.2 Å². The Kier molecular flexibility index (Phi) is 5.32. The van der Waals surface area contributed by atoms with Crippen molar-refractivity contribution in [3.63, 3.8) is 0 Å². The maximum Gasteiger partial charge on any atom is 0.248 e. The summed E-state index contributed by atoms with van der Waals surface area (Å²) in [4.78, 5) is 7.49. The molecule has 0 aliphatic carbocycles. The highest BCUT2D eigenvalue weighted by atomic mass is 35.5. The molecule has 0 radical (unpaired) electrons. The van der Waals surface area contributed by atoms with Gasteiger partial charge in [-0.05, 0) is 34.2 Å². The average molecular weight is 434 g/mol. The number of hydrogen-bond acceptors (Lipinski definition) is 6. The van der Waals surface area contributed by atoms with E-state index in [1.165, 1.54) is 10.9 Å². The topological polar surface area (TPSA) is 81.4 Å². The van der Waals surface area contributed by atoms with Crippen LogP contribution in [-0.2, 0) is 6.54 Å². The SMILES string of the molecule is Fc1cc(-c2ncccc2CNc2nnnn2-c2cccc(Cl)c2Cl)c(F)cn1. The number of rotatable bonds is 5. The van der Waals surface area contributed by atoms with Crippen molar-refractivity contribution in [2.24, 2.45) is 0 Å². The van der Waals surface area contributed by atoms with Gasteiger partial charge in [-0.25, -0.2) is 9.37 Å². The lowest BCUT2D eigenvalue weighted by Crippen LogP contribution is -2.09. The van der Waals surface area contributed by atoms with Gasteiger partial charge in [-0.3, -0.25) is 4.98 Å². The first kappa shape index (κ1) is 19.2. The Morgan fingerprint density at radius 1 is 1.07 bits per heavy atom. The van der Waals surface area contributed by atoms with Crippen LogP contribution in [0.25, 0.3) is 16.9 Å². The van der Waals surface area contributed by atoms with Crippen LogP contribution in [0.4, 0.5) is 14.7 Å². The highest BCUT2D eigenvalue weighted by molar-refractivity contribution is 6.43. The molecule has 7 nitrogen and oxygen atoms in total. The van der Waals surface area contributed by atoms with Crippen LogP contribution in [-0.4, -0.2) is 30.2 Å². The molecule has 0 aliphatic rings. The van der Waals surface area contributed by atoms with Crippen molar-refractivity contribution in [3.8, 4) is 16.9 Å². The second kappa shape index (κ2) is 8.06. The molecule has 0 saturated heterocycles. The third kappa shape index (κ3) is 3.87. The summed E-state index contributed by atoms with van der Waals surface area (Å²) >= 11 is 12.3. The minimum Gasteiger partial charge on any atom is -0.349 e. The zero-order valence-electron chi connectivity index (χ0n) is 14.5. The smallest absolute Gasteiger partial charge is 0.248 e. The van der Waals surface area contributed by atoms with E-state index in [0.29, 0.717) is 21.3 Å². The lowest BCUT2D eigenvalue weighted by atomic mass is 10.1. The van der Waals surface area contributed by atoms with Gasteiger partial charge in [0.05, 0.1) is 27.6 Å². The summed E-state index contributed by atoms with van der Waals surface area (Å²) in [7, 11) is 0. The second-order valence-electron chi connectivity index (χ2n) is 5.84. The first-order valence-corrected chi connectivity index (χ1v) is 9.02. The Morgan fingerprint density at radius 2 is 1.93 bits per heavy atom. The van der Waals surface area contributed by atoms with E-state index in [1.807, 2.05) is 0 Å². The van der Waals surface area contributed by atoms with Gasteiger partial charge in [0.15, 0.2) is 5.82 Å². The number of halogens is 4. The average Bonchev–Trinajstić information content (AvgIpc) is 3.19. The first-order chi connectivity index (χ1) is 14.0. The molecule has 0 amide bonds. The molecule has 0 fully saturated rings. The Morgan fingerprint density at radius 3 is 2.79 bits per heavy atom. The lowest BCUT2D eigenvalue weighted by molar-refractivity contribution is 0.562. The number of aromatic nitrogens is 6. The molecule has 146 valence electrons. The number of nitrogens with zero attached hydrogens (tertiary/aromatic N) is 6. The molecule has 11 heteroatoms. The molecule has 0 spiro atoms. The molecule has 0 saturated carbocycles. The summed E-state index contributed by atoms with van der Waals surface area (Å²) in [6.07, 6.45) is 2.31. The summed E-state index contributed by atoms with van der Waals surface area (Å²) in [6, 6.07) is 9.49. The maximum atomic E-state index is 14.2. The van der Waals surface area contributed by atoms with Crippen molar-refractivity contribution >= 4 is 29.2 Å². The van der Waals surface area contributed by atoms with Crippen LogP contribution in [0.15, 0.2) is 48.8 Å². The molecule has 0 aliphatic heterocycles. The molecular weight excluding hydrogens is 423 g/mol. The Hall–Kier alpha value is -3.17. The summed E-state index contributed by atoms with van der Waals surface area (Å²) in [5.41, 5.74) is 1.37. The molecule has 3 aromatic heterocycles. The number of tetrazole rings is 1. The molecule has 0 unspecified atom stereocenters. The minimum absolute atomic E-state index is 0.00683. The van der Waals surface area contributed by atoms with E-state index in [2.05, 4.69) is 30.8 Å². The van der Waals surface area contributed by atoms with Crippen LogP contribution in [0.3, 0.4) is 0 Å². The fourth-order valence-electron chi connectivity index (χ4n) is 2.71. The highest BCUT2D eigenvalue weighted by Gasteiger charge is 2.16. The third-order valence-electron chi connectivity index (χ3n) is 4.03. The van der Waals surface area contributed by atoms with E-state index in [-0.39, 0.29) is 23.8 Å². The number of hydrogen-bond donors (Lipinski definition) is 1. The first-order valence-electron chi connectivity index (χ1n) is 8.26. The number of benzene rings is 1. The Balaban J connectivity index is 1.65. The Bertz CT molecular complexity index is 1180. The van der Waals surface area contributed by atoms with E-state index in [9.17, 15) is 8.78 Å². The van der Waals surface area contributed by atoms with Gasteiger partial charge >= 0.3 is 0 Å². The molecular formula is C18H11Cl2F2N7. The van der Waals surface area contributed by atoms with Gasteiger partial charge in [0.2, 0.25) is 11.9 Å². The summed E-state index contributed by atoms with van der Waals surface area (Å²) in [5.74, 6) is -1.20. The predicted molar refractivity (Wildman–Crippen MR) is 104 cm³/mol. The molecule has 4 aromatic rings. The Labute approximate surface area is 173 Å². The van der Waals surface area contributed by atoms with Crippen molar-refractivity contribution in [1.29, 1.82) is 0 Å². The number of nitrogens with one attached hydrogen (secondary N) is 1. The van der Waals surface area contributed by atoms with E-state index in [0.717, 1.165) is 12.3 Å². The van der Waals surface area contributed by atoms with Gasteiger partial charge in [0.1, 0.15) is 0 Å². The normalized spacial score (nSPS) is 10.9. The zero-order chi connectivity index (χ0) is 20.4. The molecule has 1 N–H and O–H groups in total. The third-order valence-corrected chi connectivity index (χ3v) is 4.84. The maximum absolute atomic E-state index is 14.2. The van der Waals surface area contributed by atoms with Crippen molar-refractivity contribution in [3.05, 3.63) is 76.2 Å². The molecule has 0 atom stereocenters. The van der Waals surface area contributed by atoms with E-state index in [1.54, 1.807) is 30.3 Å². The van der Waals surface area contributed by atoms with Crippen molar-refractivity contribution in [2.45, 2.75) is 6.54 Å². The fourth-order valence-corrected chi connectivity index (χ4v) is 3.08. The van der Waals surface area contributed by atoms with Gasteiger partial charge < -0.3 is 5.32 Å². The van der Waals surface area contributed by atoms with Gasteiger partial charge in [0.25, 0.3) is 0 Å². The molecule has 1 aromatic carbocycles. The van der Waals surface area contributed by atoms with Crippen LogP contribution in [0.2, 0.25) is 10.0 Å². The standard InChI is InChI=1S/C18H11Cl2F2N7/c19-12-4-1-5-14(16(12)20)29-18(26-27-28-29)25-8-10-3-2-6-23-17(10)11-7-15(22)24-9-13(11)21/h1-7,9H,8H2,(H,25,26,28). The van der Waals surface area contributed by atoms with Crippen molar-refractivity contribution in [2.75, 3.05) is 5.32 Å². The van der Waals surface area contributed by atoms with Gasteiger partial charge in [0, 0.05) is 24.4 Å². The minimum atomic E-state index is -0.800. The summed E-state index contributed by atoms with van der Waals surface area (Å²) < 4.78 is 29.1. The molecule has 29 heavy (non-hydrogen) atoms.